The van der Waals surface area contributed by atoms with Crippen LogP contribution in [0.25, 0.3) is 0 Å². The van der Waals surface area contributed by atoms with Crippen LogP contribution in [0.3, 0.4) is 0 Å². The van der Waals surface area contributed by atoms with Crippen molar-refractivity contribution < 1.29 is 23.9 Å². The Hall–Kier alpha value is -3.55. The van der Waals surface area contributed by atoms with Crippen molar-refractivity contribution in [1.29, 1.82) is 0 Å². The normalized spacial score (nSPS) is 10.1. The number of anilines is 2. The molecule has 0 radical (unpaired) electrons. The minimum absolute atomic E-state index is 0.262. The molecule has 8 heteroatoms. The number of hydrogen-bond acceptors (Lipinski definition) is 5. The minimum Gasteiger partial charge on any atom is -0.497 e. The second kappa shape index (κ2) is 10.1. The summed E-state index contributed by atoms with van der Waals surface area (Å²) in [6.07, 6.45) is 0. The maximum absolute atomic E-state index is 12.8. The molecule has 154 valence electrons. The Morgan fingerprint density at radius 2 is 1.41 bits per heavy atom. The van der Waals surface area contributed by atoms with Crippen molar-refractivity contribution in [2.45, 2.75) is 13.8 Å². The number of likely N-dealkylation sites (N-methyl/N-ethyl adjacent to an activating group) is 1. The largest absolute Gasteiger partial charge is 0.497 e. The zero-order valence-electron chi connectivity index (χ0n) is 16.9. The number of benzene rings is 2. The number of amides is 3. The molecule has 0 aliphatic heterocycles. The molecule has 29 heavy (non-hydrogen) atoms. The number of carbonyl (C=O) groups is 3. The summed E-state index contributed by atoms with van der Waals surface area (Å²) in [6.45, 7) is 3.40. The average molecular weight is 399 g/mol. The Morgan fingerprint density at radius 3 is 1.90 bits per heavy atom. The molecule has 8 nitrogen and oxygen atoms in total. The Morgan fingerprint density at radius 1 is 0.897 bits per heavy atom. The van der Waals surface area contributed by atoms with Gasteiger partial charge in [0.05, 0.1) is 13.7 Å². The van der Waals surface area contributed by atoms with E-state index >= 15 is 0 Å². The van der Waals surface area contributed by atoms with Crippen LogP contribution in [-0.4, -0.2) is 49.9 Å². The van der Waals surface area contributed by atoms with Gasteiger partial charge in [-0.25, -0.2) is 0 Å². The number of hydrogen-bond donors (Lipinski definition) is 2. The third-order valence-electron chi connectivity index (χ3n) is 3.92. The number of ether oxygens (including phenoxy) is 2. The van der Waals surface area contributed by atoms with E-state index in [1.807, 2.05) is 0 Å². The number of nitrogens with one attached hydrogen (secondary N) is 2. The van der Waals surface area contributed by atoms with E-state index < -0.39 is 0 Å². The van der Waals surface area contributed by atoms with E-state index in [2.05, 4.69) is 10.6 Å². The number of methoxy groups -OCH3 is 1. The van der Waals surface area contributed by atoms with E-state index in [-0.39, 0.29) is 17.7 Å². The van der Waals surface area contributed by atoms with Crippen LogP contribution in [0.2, 0.25) is 0 Å². The van der Waals surface area contributed by atoms with Crippen LogP contribution in [0.4, 0.5) is 11.4 Å². The van der Waals surface area contributed by atoms with Gasteiger partial charge in [0, 0.05) is 37.8 Å². The van der Waals surface area contributed by atoms with E-state index in [1.54, 1.807) is 56.6 Å². The van der Waals surface area contributed by atoms with Crippen LogP contribution in [0.5, 0.6) is 11.5 Å². The Balaban J connectivity index is 2.04. The van der Waals surface area contributed by atoms with E-state index in [4.69, 9.17) is 9.47 Å². The molecule has 0 fully saturated rings. The van der Waals surface area contributed by atoms with Gasteiger partial charge in [-0.1, -0.05) is 0 Å². The maximum atomic E-state index is 12.8. The summed E-state index contributed by atoms with van der Waals surface area (Å²) in [5.74, 6) is 0.599. The SMILES string of the molecule is COc1ccc(OCCN(C)C(=O)c2cc(NC(C)=O)cc(NC(C)=O)c2)cc1. The molecule has 0 atom stereocenters. The van der Waals surface area contributed by atoms with Gasteiger partial charge >= 0.3 is 0 Å². The topological polar surface area (TPSA) is 97.0 Å². The van der Waals surface area contributed by atoms with Crippen LogP contribution in [0.15, 0.2) is 42.5 Å². The summed E-state index contributed by atoms with van der Waals surface area (Å²) in [5, 5.41) is 5.26. The lowest BCUT2D eigenvalue weighted by Crippen LogP contribution is -2.31. The number of nitrogens with zero attached hydrogens (tertiary/aromatic N) is 1. The summed E-state index contributed by atoms with van der Waals surface area (Å²) in [5.41, 5.74) is 1.19. The van der Waals surface area contributed by atoms with Gasteiger partial charge in [-0.3, -0.25) is 14.4 Å². The molecule has 0 aliphatic carbocycles. The van der Waals surface area contributed by atoms with E-state index in [0.717, 1.165) is 5.75 Å². The fourth-order valence-electron chi connectivity index (χ4n) is 2.60. The molecular weight excluding hydrogens is 374 g/mol. The van der Waals surface area contributed by atoms with Gasteiger partial charge in [0.25, 0.3) is 5.91 Å². The highest BCUT2D eigenvalue weighted by atomic mass is 16.5. The van der Waals surface area contributed by atoms with E-state index in [1.165, 1.54) is 18.7 Å². The number of carbonyl (C=O) groups excluding carboxylic acids is 3. The molecule has 2 aromatic rings. The van der Waals surface area contributed by atoms with Gasteiger partial charge in [0.15, 0.2) is 0 Å². The second-order valence-electron chi connectivity index (χ2n) is 6.41. The van der Waals surface area contributed by atoms with Crippen molar-refractivity contribution in [2.24, 2.45) is 0 Å². The average Bonchev–Trinajstić information content (AvgIpc) is 2.66. The molecule has 2 N–H and O–H groups in total. The van der Waals surface area contributed by atoms with Gasteiger partial charge in [0.1, 0.15) is 18.1 Å². The molecule has 0 bridgehead atoms. The molecule has 0 saturated heterocycles. The van der Waals surface area contributed by atoms with Crippen LogP contribution >= 0.6 is 0 Å². The zero-order chi connectivity index (χ0) is 21.4. The molecular formula is C21H25N3O5. The Labute approximate surface area is 169 Å². The molecule has 0 unspecified atom stereocenters. The smallest absolute Gasteiger partial charge is 0.253 e. The first-order valence-electron chi connectivity index (χ1n) is 9.01. The highest BCUT2D eigenvalue weighted by Gasteiger charge is 2.15. The predicted octanol–water partition coefficient (Wildman–Crippen LogP) is 2.76. The lowest BCUT2D eigenvalue weighted by atomic mass is 10.1. The summed E-state index contributed by atoms with van der Waals surface area (Å²) in [6, 6.07) is 11.9. The standard InChI is InChI=1S/C21H25N3O5/c1-14(25)22-17-11-16(12-18(13-17)23-15(2)26)21(27)24(3)9-10-29-20-7-5-19(28-4)6-8-20/h5-8,11-13H,9-10H2,1-4H3,(H,22,25)(H,23,26). The van der Waals surface area contributed by atoms with Crippen molar-refractivity contribution >= 4 is 29.1 Å². The molecule has 0 aliphatic rings. The van der Waals surface area contributed by atoms with Gasteiger partial charge in [-0.2, -0.15) is 0 Å². The molecule has 2 aromatic carbocycles. The first-order valence-corrected chi connectivity index (χ1v) is 9.01. The molecule has 3 amide bonds. The summed E-state index contributed by atoms with van der Waals surface area (Å²) < 4.78 is 10.8. The summed E-state index contributed by atoms with van der Waals surface area (Å²) >= 11 is 0. The van der Waals surface area contributed by atoms with Crippen LogP contribution in [0.1, 0.15) is 24.2 Å². The molecule has 0 saturated carbocycles. The van der Waals surface area contributed by atoms with Crippen LogP contribution < -0.4 is 20.1 Å². The summed E-state index contributed by atoms with van der Waals surface area (Å²) in [7, 11) is 3.25. The van der Waals surface area contributed by atoms with Crippen LogP contribution in [-0.2, 0) is 9.59 Å². The van der Waals surface area contributed by atoms with Crippen molar-refractivity contribution in [1.82, 2.24) is 4.90 Å². The van der Waals surface area contributed by atoms with Crippen molar-refractivity contribution in [2.75, 3.05) is 37.9 Å². The fourth-order valence-corrected chi connectivity index (χ4v) is 2.60. The second-order valence-corrected chi connectivity index (χ2v) is 6.41. The quantitative estimate of drug-likeness (QED) is 0.711. The molecule has 0 spiro atoms. The van der Waals surface area contributed by atoms with Crippen molar-refractivity contribution in [3.05, 3.63) is 48.0 Å². The van der Waals surface area contributed by atoms with Gasteiger partial charge in [-0.15, -0.1) is 0 Å². The first-order chi connectivity index (χ1) is 13.8. The lowest BCUT2D eigenvalue weighted by molar-refractivity contribution is -0.115. The maximum Gasteiger partial charge on any atom is 0.253 e. The van der Waals surface area contributed by atoms with Crippen molar-refractivity contribution in [3.8, 4) is 11.5 Å². The minimum atomic E-state index is -0.273. The lowest BCUT2D eigenvalue weighted by Gasteiger charge is -2.19. The highest BCUT2D eigenvalue weighted by molar-refractivity contribution is 5.99. The molecule has 0 heterocycles. The molecule has 0 aromatic heterocycles. The Bertz CT molecular complexity index is 846. The predicted molar refractivity (Wildman–Crippen MR) is 110 cm³/mol. The highest BCUT2D eigenvalue weighted by Crippen LogP contribution is 2.21. The number of rotatable bonds is 8. The monoisotopic (exact) mass is 399 g/mol. The van der Waals surface area contributed by atoms with E-state index in [0.29, 0.717) is 35.8 Å². The third-order valence-corrected chi connectivity index (χ3v) is 3.92. The van der Waals surface area contributed by atoms with Crippen LogP contribution in [0, 0.1) is 0 Å². The van der Waals surface area contributed by atoms with Crippen molar-refractivity contribution in [3.63, 3.8) is 0 Å². The molecule has 2 rings (SSSR count). The Kier molecular flexibility index (Phi) is 7.59. The van der Waals surface area contributed by atoms with Gasteiger partial charge in [0.2, 0.25) is 11.8 Å². The third kappa shape index (κ3) is 6.84. The fraction of sp³-hybridized carbons (Fsp3) is 0.286. The summed E-state index contributed by atoms with van der Waals surface area (Å²) in [4.78, 5) is 37.0. The van der Waals surface area contributed by atoms with Gasteiger partial charge < -0.3 is 25.0 Å². The van der Waals surface area contributed by atoms with E-state index in [9.17, 15) is 14.4 Å². The zero-order valence-corrected chi connectivity index (χ0v) is 16.9. The first kappa shape index (κ1) is 21.7. The van der Waals surface area contributed by atoms with Gasteiger partial charge in [-0.05, 0) is 42.5 Å².